The maximum Gasteiger partial charge on any atom is 0.152 e. The van der Waals surface area contributed by atoms with Gasteiger partial charge in [0.25, 0.3) is 0 Å². The molecule has 0 radical (unpaired) electrons. The predicted molar refractivity (Wildman–Crippen MR) is 78.8 cm³/mol. The molecule has 0 saturated heterocycles. The number of fused-ring (bicyclic) bond motifs is 1. The van der Waals surface area contributed by atoms with Crippen molar-refractivity contribution in [1.82, 2.24) is 4.98 Å². The molecule has 0 aliphatic heterocycles. The molecule has 1 aromatic heterocycles. The van der Waals surface area contributed by atoms with E-state index in [9.17, 15) is 9.18 Å². The number of nitrogens with one attached hydrogen (secondary N) is 1. The van der Waals surface area contributed by atoms with E-state index in [0.717, 1.165) is 17.4 Å². The average Bonchev–Trinajstić information content (AvgIpc) is 2.77. The van der Waals surface area contributed by atoms with E-state index in [4.69, 9.17) is 11.6 Å². The number of aromatic amines is 1. The normalized spacial score (nSPS) is 10.9. The summed E-state index contributed by atoms with van der Waals surface area (Å²) in [5, 5.41) is 0.770. The molecule has 1 heterocycles. The fraction of sp³-hybridized carbons (Fsp3) is 0.0625. The molecule has 0 spiro atoms. The third-order valence-corrected chi connectivity index (χ3v) is 3.69. The first kappa shape index (κ1) is 12.9. The van der Waals surface area contributed by atoms with Crippen molar-refractivity contribution in [3.63, 3.8) is 0 Å². The van der Waals surface area contributed by atoms with Crippen molar-refractivity contribution in [1.29, 1.82) is 0 Å². The highest BCUT2D eigenvalue weighted by Crippen LogP contribution is 2.34. The minimum atomic E-state index is -0.457. The molecule has 0 amide bonds. The van der Waals surface area contributed by atoms with Crippen molar-refractivity contribution in [3.05, 3.63) is 58.4 Å². The molecule has 2 aromatic carbocycles. The molecule has 0 aliphatic rings. The van der Waals surface area contributed by atoms with Crippen LogP contribution in [0.2, 0.25) is 5.02 Å². The largest absolute Gasteiger partial charge is 0.353 e. The highest BCUT2D eigenvalue weighted by Gasteiger charge is 2.16. The molecule has 0 atom stereocenters. The molecule has 3 rings (SSSR count). The van der Waals surface area contributed by atoms with Crippen LogP contribution in [0.5, 0.6) is 0 Å². The molecule has 4 heteroatoms. The van der Waals surface area contributed by atoms with E-state index in [1.54, 1.807) is 0 Å². The lowest BCUT2D eigenvalue weighted by Gasteiger charge is -2.03. The number of carbonyl (C=O) groups excluding carboxylic acids is 1. The van der Waals surface area contributed by atoms with E-state index in [1.165, 1.54) is 12.1 Å². The van der Waals surface area contributed by atoms with Crippen LogP contribution in [0.25, 0.3) is 22.2 Å². The topological polar surface area (TPSA) is 32.9 Å². The van der Waals surface area contributed by atoms with Crippen molar-refractivity contribution in [3.8, 4) is 11.3 Å². The molecule has 0 unspecified atom stereocenters. The number of aldehydes is 1. The first-order valence-corrected chi connectivity index (χ1v) is 6.51. The second-order valence-electron chi connectivity index (χ2n) is 4.66. The standard InChI is InChI=1S/C16H11ClFNO/c1-9-4-2-3-5-11(9)15-13(8-20)12-6-10(18)7-14(17)16(12)19-15/h2-8,19H,1H3. The van der Waals surface area contributed by atoms with Crippen molar-refractivity contribution < 1.29 is 9.18 Å². The quantitative estimate of drug-likeness (QED) is 0.678. The first-order chi connectivity index (χ1) is 9.61. The molecule has 20 heavy (non-hydrogen) atoms. The predicted octanol–water partition coefficient (Wildman–Crippen LogP) is 4.75. The monoisotopic (exact) mass is 287 g/mol. The number of benzene rings is 2. The summed E-state index contributed by atoms with van der Waals surface area (Å²) in [5.41, 5.74) is 3.60. The van der Waals surface area contributed by atoms with Gasteiger partial charge in [-0.3, -0.25) is 4.79 Å². The van der Waals surface area contributed by atoms with Crippen molar-refractivity contribution in [2.24, 2.45) is 0 Å². The van der Waals surface area contributed by atoms with Crippen molar-refractivity contribution in [2.75, 3.05) is 0 Å². The van der Waals surface area contributed by atoms with Gasteiger partial charge in [0.1, 0.15) is 5.82 Å². The van der Waals surface area contributed by atoms with Crippen LogP contribution in [0.15, 0.2) is 36.4 Å². The number of H-pyrrole nitrogens is 1. The molecular formula is C16H11ClFNO. The number of carbonyl (C=O) groups is 1. The molecule has 2 nitrogen and oxygen atoms in total. The van der Waals surface area contributed by atoms with E-state index >= 15 is 0 Å². The zero-order valence-electron chi connectivity index (χ0n) is 10.7. The SMILES string of the molecule is Cc1ccccc1-c1[nH]c2c(Cl)cc(F)cc2c1C=O. The van der Waals surface area contributed by atoms with E-state index in [-0.39, 0.29) is 5.02 Å². The summed E-state index contributed by atoms with van der Waals surface area (Å²) in [6, 6.07) is 10.2. The number of rotatable bonds is 2. The molecule has 1 N–H and O–H groups in total. The molecule has 0 aliphatic carbocycles. The minimum Gasteiger partial charge on any atom is -0.353 e. The van der Waals surface area contributed by atoms with Crippen LogP contribution in [0.3, 0.4) is 0 Å². The number of hydrogen-bond acceptors (Lipinski definition) is 1. The Labute approximate surface area is 120 Å². The van der Waals surface area contributed by atoms with Gasteiger partial charge in [-0.2, -0.15) is 0 Å². The average molecular weight is 288 g/mol. The van der Waals surface area contributed by atoms with E-state index < -0.39 is 5.82 Å². The fourth-order valence-corrected chi connectivity index (χ4v) is 2.68. The lowest BCUT2D eigenvalue weighted by atomic mass is 10.0. The summed E-state index contributed by atoms with van der Waals surface area (Å²) >= 11 is 6.04. The summed E-state index contributed by atoms with van der Waals surface area (Å²) in [4.78, 5) is 14.6. The Kier molecular flexibility index (Phi) is 3.07. The van der Waals surface area contributed by atoms with Gasteiger partial charge < -0.3 is 4.98 Å². The van der Waals surface area contributed by atoms with Gasteiger partial charge >= 0.3 is 0 Å². The van der Waals surface area contributed by atoms with E-state index in [2.05, 4.69) is 4.98 Å². The second-order valence-corrected chi connectivity index (χ2v) is 5.06. The first-order valence-electron chi connectivity index (χ1n) is 6.13. The smallest absolute Gasteiger partial charge is 0.152 e. The lowest BCUT2D eigenvalue weighted by Crippen LogP contribution is -1.87. The molecule has 3 aromatic rings. The fourth-order valence-electron chi connectivity index (χ4n) is 2.43. The van der Waals surface area contributed by atoms with Crippen LogP contribution in [-0.2, 0) is 0 Å². The van der Waals surface area contributed by atoms with Gasteiger partial charge in [-0.25, -0.2) is 4.39 Å². The van der Waals surface area contributed by atoms with Gasteiger partial charge in [-0.15, -0.1) is 0 Å². The Morgan fingerprint density at radius 2 is 2.00 bits per heavy atom. The zero-order chi connectivity index (χ0) is 14.3. The highest BCUT2D eigenvalue weighted by atomic mass is 35.5. The number of halogens is 2. The third-order valence-electron chi connectivity index (χ3n) is 3.40. The van der Waals surface area contributed by atoms with Crippen LogP contribution in [0.1, 0.15) is 15.9 Å². The molecule has 0 saturated carbocycles. The highest BCUT2D eigenvalue weighted by molar-refractivity contribution is 6.35. The van der Waals surface area contributed by atoms with Crippen LogP contribution >= 0.6 is 11.6 Å². The van der Waals surface area contributed by atoms with Gasteiger partial charge in [-0.05, 0) is 24.6 Å². The number of aryl methyl sites for hydroxylation is 1. The lowest BCUT2D eigenvalue weighted by molar-refractivity contribution is 0.112. The Hall–Kier alpha value is -2.13. The van der Waals surface area contributed by atoms with Gasteiger partial charge in [0, 0.05) is 16.5 Å². The van der Waals surface area contributed by atoms with Crippen LogP contribution in [-0.4, -0.2) is 11.3 Å². The summed E-state index contributed by atoms with van der Waals surface area (Å²) in [5.74, 6) is -0.457. The Morgan fingerprint density at radius 1 is 1.25 bits per heavy atom. The molecule has 100 valence electrons. The summed E-state index contributed by atoms with van der Waals surface area (Å²) in [6.07, 6.45) is 0.733. The number of aromatic nitrogens is 1. The van der Waals surface area contributed by atoms with Crippen molar-refractivity contribution >= 4 is 28.8 Å². The van der Waals surface area contributed by atoms with Gasteiger partial charge in [0.05, 0.1) is 16.2 Å². The molecule has 0 bridgehead atoms. The van der Waals surface area contributed by atoms with Crippen LogP contribution < -0.4 is 0 Å². The summed E-state index contributed by atoms with van der Waals surface area (Å²) in [7, 11) is 0. The van der Waals surface area contributed by atoms with Gasteiger partial charge in [0.15, 0.2) is 6.29 Å². The number of hydrogen-bond donors (Lipinski definition) is 1. The second kappa shape index (κ2) is 4.76. The minimum absolute atomic E-state index is 0.267. The van der Waals surface area contributed by atoms with Gasteiger partial charge in [-0.1, -0.05) is 35.9 Å². The Balaban J connectivity index is 2.40. The Bertz CT molecular complexity index is 823. The third kappa shape index (κ3) is 1.91. The molecular weight excluding hydrogens is 277 g/mol. The molecule has 0 fully saturated rings. The zero-order valence-corrected chi connectivity index (χ0v) is 11.5. The van der Waals surface area contributed by atoms with Crippen LogP contribution in [0.4, 0.5) is 4.39 Å². The van der Waals surface area contributed by atoms with E-state index in [1.807, 2.05) is 31.2 Å². The van der Waals surface area contributed by atoms with E-state index in [0.29, 0.717) is 22.2 Å². The van der Waals surface area contributed by atoms with Crippen LogP contribution in [0, 0.1) is 12.7 Å². The summed E-state index contributed by atoms with van der Waals surface area (Å²) in [6.45, 7) is 1.96. The van der Waals surface area contributed by atoms with Gasteiger partial charge in [0.2, 0.25) is 0 Å². The maximum atomic E-state index is 13.5. The Morgan fingerprint density at radius 3 is 2.70 bits per heavy atom. The summed E-state index contributed by atoms with van der Waals surface area (Å²) < 4.78 is 13.5. The van der Waals surface area contributed by atoms with Crippen molar-refractivity contribution in [2.45, 2.75) is 6.92 Å². The maximum absolute atomic E-state index is 13.5.